The molecular formula is C15H20FN3O3. The molecule has 0 aromatic carbocycles. The molecule has 0 aliphatic heterocycles. The monoisotopic (exact) mass is 309 g/mol. The number of fused-ring (bicyclic) bond motifs is 1. The second kappa shape index (κ2) is 6.72. The number of rotatable bonds is 7. The first-order valence-corrected chi connectivity index (χ1v) is 7.47. The van der Waals surface area contributed by atoms with Gasteiger partial charge in [0.25, 0.3) is 0 Å². The van der Waals surface area contributed by atoms with E-state index in [2.05, 4.69) is 4.98 Å². The molecule has 0 spiro atoms. The van der Waals surface area contributed by atoms with Crippen LogP contribution in [0.1, 0.15) is 45.6 Å². The number of carboxylic acids is 1. The molecule has 1 N–H and O–H groups in total. The van der Waals surface area contributed by atoms with E-state index in [1.165, 1.54) is 4.57 Å². The molecule has 2 aromatic rings. The van der Waals surface area contributed by atoms with E-state index in [0.29, 0.717) is 5.65 Å². The summed E-state index contributed by atoms with van der Waals surface area (Å²) in [4.78, 5) is 27.7. The highest BCUT2D eigenvalue weighted by molar-refractivity contribution is 5.75. The fourth-order valence-electron chi connectivity index (χ4n) is 2.82. The molecule has 0 saturated carbocycles. The summed E-state index contributed by atoms with van der Waals surface area (Å²) in [6.07, 6.45) is 4.42. The third-order valence-corrected chi connectivity index (χ3v) is 3.67. The normalized spacial score (nSPS) is 11.5. The molecule has 0 radical (unpaired) electrons. The van der Waals surface area contributed by atoms with E-state index < -0.39 is 24.0 Å². The highest BCUT2D eigenvalue weighted by Gasteiger charge is 2.22. The zero-order valence-electron chi connectivity index (χ0n) is 12.8. The van der Waals surface area contributed by atoms with E-state index in [4.69, 9.17) is 5.11 Å². The Bertz CT molecular complexity index is 729. The molecule has 6 nitrogen and oxygen atoms in total. The number of halogens is 1. The van der Waals surface area contributed by atoms with Crippen molar-refractivity contribution < 1.29 is 14.3 Å². The van der Waals surface area contributed by atoms with E-state index in [-0.39, 0.29) is 11.6 Å². The van der Waals surface area contributed by atoms with Gasteiger partial charge >= 0.3 is 11.7 Å². The number of imidazole rings is 1. The minimum Gasteiger partial charge on any atom is -0.480 e. The summed E-state index contributed by atoms with van der Waals surface area (Å²) in [5.41, 5.74) is 0.131. The molecule has 0 aliphatic carbocycles. The van der Waals surface area contributed by atoms with Crippen molar-refractivity contribution in [3.8, 4) is 0 Å². The maximum Gasteiger partial charge on any atom is 0.331 e. The fraction of sp³-hybridized carbons (Fsp3) is 0.533. The molecule has 0 atom stereocenters. The lowest BCUT2D eigenvalue weighted by Crippen LogP contribution is -2.29. The Labute approximate surface area is 127 Å². The van der Waals surface area contributed by atoms with Crippen LogP contribution >= 0.6 is 0 Å². The Morgan fingerprint density at radius 3 is 2.55 bits per heavy atom. The molecule has 0 saturated heterocycles. The van der Waals surface area contributed by atoms with Gasteiger partial charge in [0, 0.05) is 12.1 Å². The topological polar surface area (TPSA) is 77.1 Å². The number of aliphatic carboxylic acids is 1. The maximum absolute atomic E-state index is 13.5. The second-order valence-corrected chi connectivity index (χ2v) is 5.36. The van der Waals surface area contributed by atoms with E-state index in [9.17, 15) is 14.0 Å². The van der Waals surface area contributed by atoms with E-state index in [1.54, 1.807) is 0 Å². The molecule has 2 aromatic heterocycles. The predicted molar refractivity (Wildman–Crippen MR) is 80.4 cm³/mol. The zero-order valence-corrected chi connectivity index (χ0v) is 12.8. The van der Waals surface area contributed by atoms with Crippen molar-refractivity contribution in [3.05, 3.63) is 28.6 Å². The number of pyridine rings is 1. The first-order valence-electron chi connectivity index (χ1n) is 7.47. The summed E-state index contributed by atoms with van der Waals surface area (Å²) < 4.78 is 16.1. The van der Waals surface area contributed by atoms with Gasteiger partial charge in [0.15, 0.2) is 5.65 Å². The Morgan fingerprint density at radius 1 is 1.36 bits per heavy atom. The van der Waals surface area contributed by atoms with Gasteiger partial charge in [-0.25, -0.2) is 14.2 Å². The lowest BCUT2D eigenvalue weighted by molar-refractivity contribution is -0.137. The summed E-state index contributed by atoms with van der Waals surface area (Å²) in [6, 6.07) is 1.11. The summed E-state index contributed by atoms with van der Waals surface area (Å²) in [5.74, 6) is -1.74. The van der Waals surface area contributed by atoms with Crippen LogP contribution in [-0.2, 0) is 11.3 Å². The molecule has 0 aliphatic rings. The predicted octanol–water partition coefficient (Wildman–Crippen LogP) is 2.56. The first kappa shape index (κ1) is 16.2. The summed E-state index contributed by atoms with van der Waals surface area (Å²) in [7, 11) is 0. The van der Waals surface area contributed by atoms with E-state index in [1.807, 2.05) is 13.8 Å². The Hall–Kier alpha value is -2.18. The summed E-state index contributed by atoms with van der Waals surface area (Å²) in [5, 5.41) is 8.99. The van der Waals surface area contributed by atoms with Gasteiger partial charge in [0.05, 0.1) is 11.7 Å². The van der Waals surface area contributed by atoms with Crippen molar-refractivity contribution in [3.63, 3.8) is 0 Å². The molecule has 0 amide bonds. The van der Waals surface area contributed by atoms with Gasteiger partial charge in [0.1, 0.15) is 12.4 Å². The van der Waals surface area contributed by atoms with Crippen LogP contribution in [0, 0.1) is 5.82 Å². The van der Waals surface area contributed by atoms with Gasteiger partial charge in [-0.05, 0) is 12.8 Å². The quantitative estimate of drug-likeness (QED) is 0.852. The zero-order chi connectivity index (χ0) is 16.3. The highest BCUT2D eigenvalue weighted by atomic mass is 19.1. The lowest BCUT2D eigenvalue weighted by atomic mass is 10.1. The smallest absolute Gasteiger partial charge is 0.331 e. The molecule has 2 rings (SSSR count). The van der Waals surface area contributed by atoms with Crippen molar-refractivity contribution in [1.29, 1.82) is 0 Å². The molecule has 120 valence electrons. The van der Waals surface area contributed by atoms with Crippen molar-refractivity contribution in [2.75, 3.05) is 0 Å². The molecule has 2 heterocycles. The number of hydrogen-bond donors (Lipinski definition) is 1. The van der Waals surface area contributed by atoms with Gasteiger partial charge in [-0.15, -0.1) is 0 Å². The summed E-state index contributed by atoms with van der Waals surface area (Å²) in [6.45, 7) is 3.55. The average molecular weight is 309 g/mol. The van der Waals surface area contributed by atoms with Crippen molar-refractivity contribution in [2.24, 2.45) is 0 Å². The third kappa shape index (κ3) is 3.03. The fourth-order valence-corrected chi connectivity index (χ4v) is 2.82. The molecule has 22 heavy (non-hydrogen) atoms. The van der Waals surface area contributed by atoms with Crippen LogP contribution in [0.5, 0.6) is 0 Å². The van der Waals surface area contributed by atoms with Gasteiger partial charge in [-0.1, -0.05) is 26.7 Å². The Kier molecular flexibility index (Phi) is 4.95. The van der Waals surface area contributed by atoms with Crippen molar-refractivity contribution >= 4 is 17.1 Å². The standard InChI is InChI=1S/C15H20FN3O3/c1-3-5-11(6-4-2)19-14-12(7-10(16)8-17-14)18(15(19)22)9-13(20)21/h7-8,11H,3-6,9H2,1-2H3,(H,20,21). The number of carboxylic acid groups (broad SMARTS) is 1. The Balaban J connectivity index is 2.70. The molecule has 7 heteroatoms. The van der Waals surface area contributed by atoms with Gasteiger partial charge in [0.2, 0.25) is 0 Å². The van der Waals surface area contributed by atoms with Crippen LogP contribution in [0.15, 0.2) is 17.1 Å². The molecule has 0 unspecified atom stereocenters. The van der Waals surface area contributed by atoms with Gasteiger partial charge < -0.3 is 5.11 Å². The first-order chi connectivity index (χ1) is 10.5. The van der Waals surface area contributed by atoms with Crippen LogP contribution in [0.25, 0.3) is 11.2 Å². The van der Waals surface area contributed by atoms with E-state index in [0.717, 1.165) is 42.5 Å². The third-order valence-electron chi connectivity index (χ3n) is 3.67. The number of aromatic nitrogens is 3. The average Bonchev–Trinajstić information content (AvgIpc) is 2.71. The molecular weight excluding hydrogens is 289 g/mol. The van der Waals surface area contributed by atoms with Crippen molar-refractivity contribution in [1.82, 2.24) is 14.1 Å². The van der Waals surface area contributed by atoms with Crippen LogP contribution in [-0.4, -0.2) is 25.2 Å². The van der Waals surface area contributed by atoms with Crippen LogP contribution < -0.4 is 5.69 Å². The second-order valence-electron chi connectivity index (χ2n) is 5.36. The number of nitrogens with zero attached hydrogens (tertiary/aromatic N) is 3. The molecule has 0 fully saturated rings. The number of carbonyl (C=O) groups is 1. The maximum atomic E-state index is 13.5. The van der Waals surface area contributed by atoms with Crippen molar-refractivity contribution in [2.45, 2.75) is 52.1 Å². The van der Waals surface area contributed by atoms with Gasteiger partial charge in [-0.2, -0.15) is 0 Å². The Morgan fingerprint density at radius 2 is 2.00 bits per heavy atom. The van der Waals surface area contributed by atoms with Crippen LogP contribution in [0.3, 0.4) is 0 Å². The van der Waals surface area contributed by atoms with Gasteiger partial charge in [-0.3, -0.25) is 13.9 Å². The largest absolute Gasteiger partial charge is 0.480 e. The minimum atomic E-state index is -1.15. The lowest BCUT2D eigenvalue weighted by Gasteiger charge is -2.16. The summed E-state index contributed by atoms with van der Waals surface area (Å²) >= 11 is 0. The van der Waals surface area contributed by atoms with Crippen LogP contribution in [0.4, 0.5) is 4.39 Å². The highest BCUT2D eigenvalue weighted by Crippen LogP contribution is 2.23. The molecule has 0 bridgehead atoms. The van der Waals surface area contributed by atoms with E-state index >= 15 is 0 Å². The number of hydrogen-bond acceptors (Lipinski definition) is 3. The van der Waals surface area contributed by atoms with Crippen LogP contribution in [0.2, 0.25) is 0 Å². The SMILES string of the molecule is CCCC(CCC)n1c(=O)n(CC(=O)O)c2cc(F)cnc21. The minimum absolute atomic E-state index is 0.0574.